The number of rotatable bonds is 2. The molecule has 0 aromatic rings. The topological polar surface area (TPSA) is 82.3 Å². The van der Waals surface area contributed by atoms with Crippen LogP contribution in [0.4, 0.5) is 9.59 Å². The minimum absolute atomic E-state index is 0.123. The van der Waals surface area contributed by atoms with E-state index in [1.165, 1.54) is 0 Å². The van der Waals surface area contributed by atoms with Crippen LogP contribution in [0.1, 0.15) is 6.42 Å². The lowest BCUT2D eigenvalue weighted by Crippen LogP contribution is -2.36. The summed E-state index contributed by atoms with van der Waals surface area (Å²) in [4.78, 5) is 21.5. The van der Waals surface area contributed by atoms with Crippen molar-refractivity contribution in [1.82, 2.24) is 21.3 Å². The first-order valence-electron chi connectivity index (χ1n) is 4.33. The van der Waals surface area contributed by atoms with E-state index in [0.717, 1.165) is 6.42 Å². The van der Waals surface area contributed by atoms with Crippen LogP contribution >= 0.6 is 0 Å². The molecule has 2 atom stereocenters. The van der Waals surface area contributed by atoms with Gasteiger partial charge in [0.2, 0.25) is 0 Å². The van der Waals surface area contributed by atoms with Gasteiger partial charge in [-0.1, -0.05) is 0 Å². The van der Waals surface area contributed by atoms with Gasteiger partial charge in [-0.25, -0.2) is 9.59 Å². The van der Waals surface area contributed by atoms with Crippen molar-refractivity contribution in [1.29, 1.82) is 0 Å². The molecule has 72 valence electrons. The zero-order valence-electron chi connectivity index (χ0n) is 7.09. The van der Waals surface area contributed by atoms with Crippen molar-refractivity contribution in [3.05, 3.63) is 0 Å². The lowest BCUT2D eigenvalue weighted by atomic mass is 10.1. The SMILES string of the molecule is O=C1NCC(CC2CNC(=O)N2)N1. The first-order chi connectivity index (χ1) is 6.24. The van der Waals surface area contributed by atoms with E-state index in [0.29, 0.717) is 13.1 Å². The second-order valence-corrected chi connectivity index (χ2v) is 3.34. The predicted molar refractivity (Wildman–Crippen MR) is 45.3 cm³/mol. The Kier molecular flexibility index (Phi) is 1.96. The molecule has 0 aromatic heterocycles. The van der Waals surface area contributed by atoms with Gasteiger partial charge in [0.05, 0.1) is 0 Å². The maximum absolute atomic E-state index is 10.8. The summed E-state index contributed by atoms with van der Waals surface area (Å²) < 4.78 is 0. The van der Waals surface area contributed by atoms with Crippen molar-refractivity contribution in [3.8, 4) is 0 Å². The van der Waals surface area contributed by atoms with Crippen molar-refractivity contribution in [2.24, 2.45) is 0 Å². The van der Waals surface area contributed by atoms with Gasteiger partial charge in [-0.3, -0.25) is 0 Å². The van der Waals surface area contributed by atoms with Crippen molar-refractivity contribution in [3.63, 3.8) is 0 Å². The Balaban J connectivity index is 1.78. The first kappa shape index (κ1) is 8.15. The van der Waals surface area contributed by atoms with Gasteiger partial charge in [-0.05, 0) is 6.42 Å². The van der Waals surface area contributed by atoms with Gasteiger partial charge in [0.15, 0.2) is 0 Å². The molecule has 13 heavy (non-hydrogen) atoms. The minimum Gasteiger partial charge on any atom is -0.336 e. The number of carbonyl (C=O) groups excluding carboxylic acids is 2. The van der Waals surface area contributed by atoms with E-state index in [1.807, 2.05) is 0 Å². The van der Waals surface area contributed by atoms with Crippen LogP contribution in [-0.4, -0.2) is 37.2 Å². The van der Waals surface area contributed by atoms with Crippen molar-refractivity contribution in [2.75, 3.05) is 13.1 Å². The van der Waals surface area contributed by atoms with Gasteiger partial charge >= 0.3 is 12.1 Å². The maximum atomic E-state index is 10.8. The molecule has 6 heteroatoms. The maximum Gasteiger partial charge on any atom is 0.315 e. The third-order valence-electron chi connectivity index (χ3n) is 2.26. The number of hydrogen-bond donors (Lipinski definition) is 4. The molecule has 0 radical (unpaired) electrons. The van der Waals surface area contributed by atoms with E-state index >= 15 is 0 Å². The van der Waals surface area contributed by atoms with Gasteiger partial charge in [0.25, 0.3) is 0 Å². The molecule has 4 N–H and O–H groups in total. The summed E-state index contributed by atoms with van der Waals surface area (Å²) in [6.07, 6.45) is 0.775. The predicted octanol–water partition coefficient (Wildman–Crippen LogP) is -1.26. The quantitative estimate of drug-likeness (QED) is 0.432. The summed E-state index contributed by atoms with van der Waals surface area (Å²) in [6, 6.07) is 0.0277. The van der Waals surface area contributed by atoms with E-state index in [-0.39, 0.29) is 24.1 Å². The number of hydrogen-bond acceptors (Lipinski definition) is 2. The molecule has 0 aliphatic carbocycles. The molecule has 2 fully saturated rings. The molecule has 0 aromatic carbocycles. The number of urea groups is 2. The summed E-state index contributed by atoms with van der Waals surface area (Å²) in [5, 5.41) is 10.9. The molecule has 2 rings (SSSR count). The lowest BCUT2D eigenvalue weighted by Gasteiger charge is -2.12. The van der Waals surface area contributed by atoms with Gasteiger partial charge in [-0.2, -0.15) is 0 Å². The van der Waals surface area contributed by atoms with Crippen LogP contribution in [0.5, 0.6) is 0 Å². The Hall–Kier alpha value is -1.46. The van der Waals surface area contributed by atoms with E-state index in [9.17, 15) is 9.59 Å². The fourth-order valence-corrected chi connectivity index (χ4v) is 1.63. The zero-order valence-corrected chi connectivity index (χ0v) is 7.09. The number of amides is 4. The van der Waals surface area contributed by atoms with E-state index in [4.69, 9.17) is 0 Å². The summed E-state index contributed by atoms with van der Waals surface area (Å²) in [7, 11) is 0. The molecule has 2 saturated heterocycles. The van der Waals surface area contributed by atoms with E-state index in [1.54, 1.807) is 0 Å². The molecule has 0 spiro atoms. The first-order valence-corrected chi connectivity index (χ1v) is 4.33. The average Bonchev–Trinajstić information content (AvgIpc) is 2.62. The monoisotopic (exact) mass is 184 g/mol. The molecular weight excluding hydrogens is 172 g/mol. The van der Waals surface area contributed by atoms with Gasteiger partial charge in [0.1, 0.15) is 0 Å². The van der Waals surface area contributed by atoms with E-state index < -0.39 is 0 Å². The molecule has 2 aliphatic rings. The molecule has 4 amide bonds. The van der Waals surface area contributed by atoms with Crippen LogP contribution in [0, 0.1) is 0 Å². The van der Waals surface area contributed by atoms with Gasteiger partial charge in [-0.15, -0.1) is 0 Å². The summed E-state index contributed by atoms with van der Waals surface area (Å²) in [5.74, 6) is 0. The second-order valence-electron chi connectivity index (χ2n) is 3.34. The van der Waals surface area contributed by atoms with Crippen LogP contribution in [0.15, 0.2) is 0 Å². The number of nitrogens with one attached hydrogen (secondary N) is 4. The highest BCUT2D eigenvalue weighted by Gasteiger charge is 2.27. The minimum atomic E-state index is -0.123. The van der Waals surface area contributed by atoms with Gasteiger partial charge in [0, 0.05) is 25.2 Å². The average molecular weight is 184 g/mol. The smallest absolute Gasteiger partial charge is 0.315 e. The Morgan fingerprint density at radius 1 is 1.00 bits per heavy atom. The third-order valence-corrected chi connectivity index (χ3v) is 2.26. The lowest BCUT2D eigenvalue weighted by molar-refractivity contribution is 0.246. The second kappa shape index (κ2) is 3.12. The highest BCUT2D eigenvalue weighted by atomic mass is 16.2. The van der Waals surface area contributed by atoms with Crippen molar-refractivity contribution < 1.29 is 9.59 Å². The normalized spacial score (nSPS) is 32.0. The van der Waals surface area contributed by atoms with Crippen molar-refractivity contribution in [2.45, 2.75) is 18.5 Å². The van der Waals surface area contributed by atoms with Crippen molar-refractivity contribution >= 4 is 12.1 Å². The number of carbonyl (C=O) groups is 2. The van der Waals surface area contributed by atoms with Crippen LogP contribution in [0.3, 0.4) is 0 Å². The molecule has 2 aliphatic heterocycles. The fraction of sp³-hybridized carbons (Fsp3) is 0.714. The standard InChI is InChI=1S/C7H12N4O2/c12-6-8-2-4(10-6)1-5-3-9-7(13)11-5/h4-5H,1-3H2,(H2,8,10,12)(H2,9,11,13). The van der Waals surface area contributed by atoms with Gasteiger partial charge < -0.3 is 21.3 Å². The van der Waals surface area contributed by atoms with Crippen LogP contribution in [0.2, 0.25) is 0 Å². The fourth-order valence-electron chi connectivity index (χ4n) is 1.63. The summed E-state index contributed by atoms with van der Waals surface area (Å²) >= 11 is 0. The highest BCUT2D eigenvalue weighted by Crippen LogP contribution is 2.03. The highest BCUT2D eigenvalue weighted by molar-refractivity contribution is 5.77. The third kappa shape index (κ3) is 1.82. The zero-order chi connectivity index (χ0) is 9.26. The van der Waals surface area contributed by atoms with Crippen LogP contribution in [-0.2, 0) is 0 Å². The van der Waals surface area contributed by atoms with Crippen LogP contribution < -0.4 is 21.3 Å². The Labute approximate surface area is 75.4 Å². The molecular formula is C7H12N4O2. The Morgan fingerprint density at radius 3 is 1.77 bits per heavy atom. The summed E-state index contributed by atoms with van der Waals surface area (Å²) in [5.41, 5.74) is 0. The molecule has 2 unspecified atom stereocenters. The summed E-state index contributed by atoms with van der Waals surface area (Å²) in [6.45, 7) is 1.29. The molecule has 6 nitrogen and oxygen atoms in total. The van der Waals surface area contributed by atoms with Crippen LogP contribution in [0.25, 0.3) is 0 Å². The molecule has 0 saturated carbocycles. The Bertz CT molecular complexity index is 219. The van der Waals surface area contributed by atoms with E-state index in [2.05, 4.69) is 21.3 Å². The molecule has 2 heterocycles. The molecule has 0 bridgehead atoms. The Morgan fingerprint density at radius 2 is 1.46 bits per heavy atom. The largest absolute Gasteiger partial charge is 0.336 e.